The summed E-state index contributed by atoms with van der Waals surface area (Å²) in [5.74, 6) is 1.19. The van der Waals surface area contributed by atoms with Gasteiger partial charge in [0.05, 0.1) is 19.4 Å². The number of methoxy groups -OCH3 is 1. The van der Waals surface area contributed by atoms with Gasteiger partial charge in [-0.05, 0) is 41.0 Å². The molecule has 1 amide bonds. The van der Waals surface area contributed by atoms with Gasteiger partial charge in [0.2, 0.25) is 11.1 Å². The predicted octanol–water partition coefficient (Wildman–Crippen LogP) is 1.88. The molecule has 1 fully saturated rings. The Morgan fingerprint density at radius 2 is 2.08 bits per heavy atom. The Hall–Kier alpha value is -2.09. The zero-order valence-corrected chi connectivity index (χ0v) is 14.5. The molecule has 0 saturated heterocycles. The summed E-state index contributed by atoms with van der Waals surface area (Å²) in [4.78, 5) is 12.0. The number of hydrogen-bond acceptors (Lipinski definition) is 6. The maximum Gasteiger partial charge on any atom is 0.230 e. The van der Waals surface area contributed by atoms with Gasteiger partial charge in [0.25, 0.3) is 0 Å². The van der Waals surface area contributed by atoms with Crippen molar-refractivity contribution in [2.24, 2.45) is 0 Å². The van der Waals surface area contributed by atoms with Crippen LogP contribution >= 0.6 is 11.8 Å². The van der Waals surface area contributed by atoms with Gasteiger partial charge in [-0.2, -0.15) is 0 Å². The SMILES string of the molecule is COc1ccc(Cn2nnnc2SCC(=O)NC2CCCC2)cc1. The lowest BCUT2D eigenvalue weighted by atomic mass is 10.2. The number of thioether (sulfide) groups is 1. The molecule has 0 spiro atoms. The van der Waals surface area contributed by atoms with E-state index in [0.29, 0.717) is 23.5 Å². The van der Waals surface area contributed by atoms with E-state index in [9.17, 15) is 4.79 Å². The molecule has 0 bridgehead atoms. The average molecular weight is 347 g/mol. The topological polar surface area (TPSA) is 81.9 Å². The number of ether oxygens (including phenoxy) is 1. The van der Waals surface area contributed by atoms with Crippen LogP contribution in [0, 0.1) is 0 Å². The van der Waals surface area contributed by atoms with Gasteiger partial charge >= 0.3 is 0 Å². The molecule has 0 unspecified atom stereocenters. The van der Waals surface area contributed by atoms with Crippen molar-refractivity contribution in [2.75, 3.05) is 12.9 Å². The number of hydrogen-bond donors (Lipinski definition) is 1. The van der Waals surface area contributed by atoms with Gasteiger partial charge in [0.1, 0.15) is 5.75 Å². The maximum atomic E-state index is 12.0. The lowest BCUT2D eigenvalue weighted by Gasteiger charge is -2.11. The van der Waals surface area contributed by atoms with E-state index in [0.717, 1.165) is 24.2 Å². The van der Waals surface area contributed by atoms with Crippen LogP contribution < -0.4 is 10.1 Å². The first kappa shape index (κ1) is 16.8. The van der Waals surface area contributed by atoms with Crippen LogP contribution in [0.5, 0.6) is 5.75 Å². The molecule has 3 rings (SSSR count). The van der Waals surface area contributed by atoms with Crippen molar-refractivity contribution < 1.29 is 9.53 Å². The highest BCUT2D eigenvalue weighted by atomic mass is 32.2. The van der Waals surface area contributed by atoms with Crippen molar-refractivity contribution in [3.63, 3.8) is 0 Å². The molecule has 1 heterocycles. The largest absolute Gasteiger partial charge is 0.497 e. The smallest absolute Gasteiger partial charge is 0.230 e. The number of nitrogens with one attached hydrogen (secondary N) is 1. The van der Waals surface area contributed by atoms with Gasteiger partial charge in [-0.3, -0.25) is 4.79 Å². The second-order valence-corrected chi connectivity index (χ2v) is 6.75. The normalized spacial score (nSPS) is 14.7. The fourth-order valence-corrected chi connectivity index (χ4v) is 3.46. The van der Waals surface area contributed by atoms with E-state index in [1.165, 1.54) is 24.6 Å². The van der Waals surface area contributed by atoms with Gasteiger partial charge in [-0.15, -0.1) is 5.10 Å². The Morgan fingerprint density at radius 3 is 2.79 bits per heavy atom. The summed E-state index contributed by atoms with van der Waals surface area (Å²) in [5.41, 5.74) is 1.07. The predicted molar refractivity (Wildman–Crippen MR) is 91.0 cm³/mol. The zero-order chi connectivity index (χ0) is 16.8. The van der Waals surface area contributed by atoms with E-state index in [2.05, 4.69) is 20.8 Å². The van der Waals surface area contributed by atoms with E-state index < -0.39 is 0 Å². The van der Waals surface area contributed by atoms with Crippen LogP contribution in [-0.4, -0.2) is 45.0 Å². The highest BCUT2D eigenvalue weighted by Crippen LogP contribution is 2.19. The van der Waals surface area contributed by atoms with Crippen molar-refractivity contribution in [2.45, 2.75) is 43.4 Å². The monoisotopic (exact) mass is 347 g/mol. The van der Waals surface area contributed by atoms with E-state index in [-0.39, 0.29) is 5.91 Å². The third-order valence-corrected chi connectivity index (χ3v) is 5.00. The molecular weight excluding hydrogens is 326 g/mol. The van der Waals surface area contributed by atoms with Crippen LogP contribution in [0.15, 0.2) is 29.4 Å². The lowest BCUT2D eigenvalue weighted by Crippen LogP contribution is -2.33. The van der Waals surface area contributed by atoms with Crippen LogP contribution in [0.4, 0.5) is 0 Å². The van der Waals surface area contributed by atoms with Crippen molar-refractivity contribution in [3.05, 3.63) is 29.8 Å². The third-order valence-electron chi connectivity index (χ3n) is 4.04. The first-order valence-corrected chi connectivity index (χ1v) is 9.04. The second kappa shape index (κ2) is 8.14. The van der Waals surface area contributed by atoms with Gasteiger partial charge < -0.3 is 10.1 Å². The van der Waals surface area contributed by atoms with Crippen LogP contribution in [0.1, 0.15) is 31.2 Å². The van der Waals surface area contributed by atoms with Gasteiger partial charge in [-0.25, -0.2) is 4.68 Å². The maximum absolute atomic E-state index is 12.0. The number of carbonyl (C=O) groups excluding carboxylic acids is 1. The molecule has 0 atom stereocenters. The van der Waals surface area contributed by atoms with Gasteiger partial charge in [0, 0.05) is 6.04 Å². The molecular formula is C16H21N5O2S. The van der Waals surface area contributed by atoms with Crippen molar-refractivity contribution >= 4 is 17.7 Å². The second-order valence-electron chi connectivity index (χ2n) is 5.80. The summed E-state index contributed by atoms with van der Waals surface area (Å²) in [5, 5.41) is 15.5. The Bertz CT molecular complexity index is 667. The molecule has 1 aliphatic rings. The highest BCUT2D eigenvalue weighted by Gasteiger charge is 2.18. The number of benzene rings is 1. The highest BCUT2D eigenvalue weighted by molar-refractivity contribution is 7.99. The molecule has 1 N–H and O–H groups in total. The molecule has 24 heavy (non-hydrogen) atoms. The minimum atomic E-state index is 0.0471. The molecule has 0 radical (unpaired) electrons. The molecule has 2 aromatic rings. The van der Waals surface area contributed by atoms with Crippen LogP contribution in [0.2, 0.25) is 0 Å². The summed E-state index contributed by atoms with van der Waals surface area (Å²) in [6, 6.07) is 8.10. The van der Waals surface area contributed by atoms with Crippen molar-refractivity contribution in [3.8, 4) is 5.75 Å². The number of tetrazole rings is 1. The molecule has 8 heteroatoms. The summed E-state index contributed by atoms with van der Waals surface area (Å²) in [7, 11) is 1.64. The quantitative estimate of drug-likeness (QED) is 0.770. The third kappa shape index (κ3) is 4.47. The van der Waals surface area contributed by atoms with Crippen molar-refractivity contribution in [1.82, 2.24) is 25.5 Å². The number of carbonyl (C=O) groups is 1. The molecule has 1 aromatic carbocycles. The molecule has 1 saturated carbocycles. The van der Waals surface area contributed by atoms with Crippen LogP contribution in [0.3, 0.4) is 0 Å². The Balaban J connectivity index is 1.53. The Kier molecular flexibility index (Phi) is 5.68. The minimum absolute atomic E-state index is 0.0471. The minimum Gasteiger partial charge on any atom is -0.497 e. The Labute approximate surface area is 145 Å². The summed E-state index contributed by atoms with van der Waals surface area (Å²) in [6.45, 7) is 0.559. The van der Waals surface area contributed by atoms with E-state index in [1.807, 2.05) is 24.3 Å². The van der Waals surface area contributed by atoms with Gasteiger partial charge in [0.15, 0.2) is 0 Å². The average Bonchev–Trinajstić information content (AvgIpc) is 3.26. The van der Waals surface area contributed by atoms with Crippen LogP contribution in [0.25, 0.3) is 0 Å². The Morgan fingerprint density at radius 1 is 1.33 bits per heavy atom. The molecule has 128 valence electrons. The fourth-order valence-electron chi connectivity index (χ4n) is 2.77. The fraction of sp³-hybridized carbons (Fsp3) is 0.500. The summed E-state index contributed by atoms with van der Waals surface area (Å²) < 4.78 is 6.86. The summed E-state index contributed by atoms with van der Waals surface area (Å²) >= 11 is 1.36. The molecule has 1 aromatic heterocycles. The lowest BCUT2D eigenvalue weighted by molar-refractivity contribution is -0.119. The van der Waals surface area contributed by atoms with E-state index in [1.54, 1.807) is 11.8 Å². The number of aromatic nitrogens is 4. The number of rotatable bonds is 7. The standard InChI is InChI=1S/C16H21N5O2S/c1-23-14-8-6-12(7-9-14)10-21-16(18-19-20-21)24-11-15(22)17-13-4-2-3-5-13/h6-9,13H,2-5,10-11H2,1H3,(H,17,22). The van der Waals surface area contributed by atoms with Crippen molar-refractivity contribution in [1.29, 1.82) is 0 Å². The first-order valence-electron chi connectivity index (χ1n) is 8.06. The first-order chi connectivity index (χ1) is 11.7. The molecule has 7 nitrogen and oxygen atoms in total. The summed E-state index contributed by atoms with van der Waals surface area (Å²) in [6.07, 6.45) is 4.59. The van der Waals surface area contributed by atoms with Gasteiger partial charge in [-0.1, -0.05) is 36.7 Å². The van der Waals surface area contributed by atoms with E-state index >= 15 is 0 Å². The van der Waals surface area contributed by atoms with E-state index in [4.69, 9.17) is 4.74 Å². The number of amides is 1. The molecule has 1 aliphatic carbocycles. The molecule has 0 aliphatic heterocycles. The zero-order valence-electron chi connectivity index (χ0n) is 13.6. The number of nitrogens with zero attached hydrogens (tertiary/aromatic N) is 4. The van der Waals surface area contributed by atoms with Crippen LogP contribution in [-0.2, 0) is 11.3 Å².